The molecule has 2 heterocycles. The third-order valence-electron chi connectivity index (χ3n) is 5.74. The van der Waals surface area contributed by atoms with E-state index in [9.17, 15) is 5.11 Å². The Morgan fingerprint density at radius 1 is 1.07 bits per heavy atom. The minimum atomic E-state index is 0.205. The first-order valence-corrected chi connectivity index (χ1v) is 10.5. The van der Waals surface area contributed by atoms with Gasteiger partial charge in [0.2, 0.25) is 5.95 Å². The quantitative estimate of drug-likeness (QED) is 0.707. The lowest BCUT2D eigenvalue weighted by Gasteiger charge is -2.31. The third-order valence-corrected chi connectivity index (χ3v) is 5.74. The van der Waals surface area contributed by atoms with Gasteiger partial charge in [-0.1, -0.05) is 49.4 Å². The summed E-state index contributed by atoms with van der Waals surface area (Å²) < 4.78 is 0. The van der Waals surface area contributed by atoms with E-state index in [1.807, 2.05) is 12.1 Å². The third kappa shape index (κ3) is 4.15. The Balaban J connectivity index is 1.82. The summed E-state index contributed by atoms with van der Waals surface area (Å²) in [5.41, 5.74) is 6.24. The first kappa shape index (κ1) is 19.5. The first-order valence-electron chi connectivity index (χ1n) is 10.5. The number of benzene rings is 2. The van der Waals surface area contributed by atoms with Crippen LogP contribution in [-0.4, -0.2) is 40.0 Å². The number of aromatic nitrogens is 3. The van der Waals surface area contributed by atoms with Crippen molar-refractivity contribution in [2.45, 2.75) is 33.1 Å². The zero-order chi connectivity index (χ0) is 20.2. The largest absolute Gasteiger partial charge is 0.396 e. The SMILES string of the molecule is CCc1cccc(-c2nnc(N3CCCC(CO)C3)nc2-c2ccccc2C)c1. The van der Waals surface area contributed by atoms with Gasteiger partial charge in [0.05, 0.1) is 0 Å². The molecule has 1 aliphatic heterocycles. The molecule has 1 aliphatic rings. The van der Waals surface area contributed by atoms with Crippen molar-refractivity contribution in [1.82, 2.24) is 15.2 Å². The predicted molar refractivity (Wildman–Crippen MR) is 117 cm³/mol. The maximum atomic E-state index is 9.58. The van der Waals surface area contributed by atoms with Gasteiger partial charge in [-0.3, -0.25) is 0 Å². The zero-order valence-corrected chi connectivity index (χ0v) is 17.2. The molecule has 0 bridgehead atoms. The molecule has 4 rings (SSSR count). The Morgan fingerprint density at radius 3 is 2.72 bits per heavy atom. The van der Waals surface area contributed by atoms with Crippen molar-refractivity contribution >= 4 is 5.95 Å². The molecule has 5 nitrogen and oxygen atoms in total. The first-order chi connectivity index (χ1) is 14.2. The Bertz CT molecular complexity index is 988. The second-order valence-electron chi connectivity index (χ2n) is 7.81. The molecular weight excluding hydrogens is 360 g/mol. The Labute approximate surface area is 172 Å². The van der Waals surface area contributed by atoms with Gasteiger partial charge < -0.3 is 10.0 Å². The number of hydrogen-bond acceptors (Lipinski definition) is 5. The van der Waals surface area contributed by atoms with Crippen LogP contribution >= 0.6 is 0 Å². The Hall–Kier alpha value is -2.79. The lowest BCUT2D eigenvalue weighted by Crippen LogP contribution is -2.38. The number of nitrogens with zero attached hydrogens (tertiary/aromatic N) is 4. The maximum Gasteiger partial charge on any atom is 0.245 e. The molecule has 5 heteroatoms. The lowest BCUT2D eigenvalue weighted by atomic mass is 9.98. The highest BCUT2D eigenvalue weighted by Gasteiger charge is 2.23. The van der Waals surface area contributed by atoms with Crippen LogP contribution in [0, 0.1) is 12.8 Å². The van der Waals surface area contributed by atoms with Gasteiger partial charge in [0, 0.05) is 30.8 Å². The number of aliphatic hydroxyl groups is 1. The molecule has 1 aromatic heterocycles. The van der Waals surface area contributed by atoms with E-state index in [-0.39, 0.29) is 12.5 Å². The zero-order valence-electron chi connectivity index (χ0n) is 17.2. The molecule has 0 amide bonds. The van der Waals surface area contributed by atoms with Crippen molar-refractivity contribution < 1.29 is 5.11 Å². The molecule has 1 atom stereocenters. The summed E-state index contributed by atoms with van der Waals surface area (Å²) in [6.45, 7) is 6.14. The molecule has 0 saturated carbocycles. The minimum absolute atomic E-state index is 0.205. The highest BCUT2D eigenvalue weighted by atomic mass is 16.3. The molecule has 150 valence electrons. The number of anilines is 1. The van der Waals surface area contributed by atoms with Gasteiger partial charge in [0.1, 0.15) is 11.4 Å². The van der Waals surface area contributed by atoms with Gasteiger partial charge in [0.25, 0.3) is 0 Å². The fourth-order valence-corrected chi connectivity index (χ4v) is 4.01. The van der Waals surface area contributed by atoms with E-state index in [1.165, 1.54) is 11.1 Å². The van der Waals surface area contributed by atoms with Gasteiger partial charge >= 0.3 is 0 Å². The van der Waals surface area contributed by atoms with E-state index in [1.54, 1.807) is 0 Å². The summed E-state index contributed by atoms with van der Waals surface area (Å²) in [6, 6.07) is 16.7. The average Bonchev–Trinajstić information content (AvgIpc) is 2.79. The summed E-state index contributed by atoms with van der Waals surface area (Å²) in [5, 5.41) is 18.7. The predicted octanol–water partition coefficient (Wildman–Crippen LogP) is 4.29. The summed E-state index contributed by atoms with van der Waals surface area (Å²) in [5.74, 6) is 0.923. The van der Waals surface area contributed by atoms with Gasteiger partial charge in [0.15, 0.2) is 0 Å². The van der Waals surface area contributed by atoms with Crippen LogP contribution in [0.2, 0.25) is 0 Å². The molecule has 1 unspecified atom stereocenters. The van der Waals surface area contributed by atoms with Crippen molar-refractivity contribution in [1.29, 1.82) is 0 Å². The maximum absolute atomic E-state index is 9.58. The van der Waals surface area contributed by atoms with Crippen LogP contribution in [0.25, 0.3) is 22.5 Å². The van der Waals surface area contributed by atoms with Crippen LogP contribution in [0.4, 0.5) is 5.95 Å². The average molecular weight is 389 g/mol. The van der Waals surface area contributed by atoms with Crippen molar-refractivity contribution in [3.63, 3.8) is 0 Å². The van der Waals surface area contributed by atoms with E-state index >= 15 is 0 Å². The molecule has 1 N–H and O–H groups in total. The number of rotatable bonds is 5. The van der Waals surface area contributed by atoms with E-state index < -0.39 is 0 Å². The topological polar surface area (TPSA) is 62.1 Å². The fourth-order valence-electron chi connectivity index (χ4n) is 4.01. The number of aryl methyl sites for hydroxylation is 2. The molecule has 2 aromatic carbocycles. The van der Waals surface area contributed by atoms with Crippen LogP contribution < -0.4 is 4.90 Å². The smallest absolute Gasteiger partial charge is 0.245 e. The van der Waals surface area contributed by atoms with Crippen molar-refractivity contribution in [3.8, 4) is 22.5 Å². The summed E-state index contributed by atoms with van der Waals surface area (Å²) in [6.07, 6.45) is 3.06. The van der Waals surface area contributed by atoms with Crippen LogP contribution in [0.3, 0.4) is 0 Å². The Kier molecular flexibility index (Phi) is 5.86. The number of hydrogen-bond donors (Lipinski definition) is 1. The Morgan fingerprint density at radius 2 is 1.93 bits per heavy atom. The molecule has 29 heavy (non-hydrogen) atoms. The summed E-state index contributed by atoms with van der Waals surface area (Å²) in [7, 11) is 0. The van der Waals surface area contributed by atoms with E-state index in [0.29, 0.717) is 5.95 Å². The number of aliphatic hydroxyl groups excluding tert-OH is 1. The van der Waals surface area contributed by atoms with Crippen molar-refractivity contribution in [2.24, 2.45) is 5.92 Å². The summed E-state index contributed by atoms with van der Waals surface area (Å²) >= 11 is 0. The molecule has 0 aliphatic carbocycles. The van der Waals surface area contributed by atoms with E-state index in [2.05, 4.69) is 65.3 Å². The van der Waals surface area contributed by atoms with Crippen LogP contribution in [0.1, 0.15) is 30.9 Å². The second-order valence-corrected chi connectivity index (χ2v) is 7.81. The van der Waals surface area contributed by atoms with E-state index in [4.69, 9.17) is 4.98 Å². The molecule has 0 spiro atoms. The van der Waals surface area contributed by atoms with Crippen molar-refractivity contribution in [3.05, 3.63) is 59.7 Å². The van der Waals surface area contributed by atoms with Gasteiger partial charge in [-0.15, -0.1) is 10.2 Å². The van der Waals surface area contributed by atoms with Crippen LogP contribution in [0.5, 0.6) is 0 Å². The molecular formula is C24H28N4O. The normalized spacial score (nSPS) is 16.8. The highest BCUT2D eigenvalue weighted by molar-refractivity contribution is 5.80. The van der Waals surface area contributed by atoms with Gasteiger partial charge in [-0.2, -0.15) is 0 Å². The van der Waals surface area contributed by atoms with Gasteiger partial charge in [-0.25, -0.2) is 4.98 Å². The fraction of sp³-hybridized carbons (Fsp3) is 0.375. The monoisotopic (exact) mass is 388 g/mol. The minimum Gasteiger partial charge on any atom is -0.396 e. The van der Waals surface area contributed by atoms with Crippen LogP contribution in [-0.2, 0) is 6.42 Å². The number of piperidine rings is 1. The summed E-state index contributed by atoms with van der Waals surface area (Å²) in [4.78, 5) is 7.16. The second kappa shape index (κ2) is 8.70. The molecule has 3 aromatic rings. The highest BCUT2D eigenvalue weighted by Crippen LogP contribution is 2.32. The van der Waals surface area contributed by atoms with Gasteiger partial charge in [-0.05, 0) is 49.3 Å². The lowest BCUT2D eigenvalue weighted by molar-refractivity contribution is 0.208. The standard InChI is InChI=1S/C24H28N4O/c1-3-18-9-6-11-20(14-18)22-23(21-12-5-4-8-17(21)2)25-24(27-26-22)28-13-7-10-19(15-28)16-29/h4-6,8-9,11-12,14,19,29H,3,7,10,13,15-16H2,1-2H3. The van der Waals surface area contributed by atoms with Crippen molar-refractivity contribution in [2.75, 3.05) is 24.6 Å². The van der Waals surface area contributed by atoms with E-state index in [0.717, 1.165) is 54.9 Å². The molecule has 1 fully saturated rings. The van der Waals surface area contributed by atoms with Crippen LogP contribution in [0.15, 0.2) is 48.5 Å². The molecule has 0 radical (unpaired) electrons. The molecule has 1 saturated heterocycles.